The lowest BCUT2D eigenvalue weighted by Gasteiger charge is -2.42. The number of aliphatic hydroxyl groups is 8. The quantitative estimate of drug-likeness (QED) is 0.183. The topological polar surface area (TPSA) is 209 Å². The van der Waals surface area contributed by atoms with Crippen molar-refractivity contribution in [1.29, 1.82) is 0 Å². The van der Waals surface area contributed by atoms with Crippen molar-refractivity contribution in [2.45, 2.75) is 62.0 Å². The molecule has 0 aromatic carbocycles. The highest BCUT2D eigenvalue weighted by Gasteiger charge is 2.47. The van der Waals surface area contributed by atoms with E-state index in [1.807, 2.05) is 0 Å². The van der Waals surface area contributed by atoms with Gasteiger partial charge in [-0.25, -0.2) is 0 Å². The van der Waals surface area contributed by atoms with E-state index in [0.29, 0.717) is 0 Å². The number of hydrogen-bond donors (Lipinski definition) is 9. The van der Waals surface area contributed by atoms with Gasteiger partial charge in [-0.2, -0.15) is 0 Å². The Bertz CT molecular complexity index is 437. The zero-order chi connectivity index (χ0) is 20.0. The molecule has 1 amide bonds. The average Bonchev–Trinajstić information content (AvgIpc) is 2.62. The minimum Gasteiger partial charge on any atom is -0.394 e. The van der Waals surface area contributed by atoms with Gasteiger partial charge >= 0.3 is 0 Å². The molecule has 154 valence electrons. The first-order valence-corrected chi connectivity index (χ1v) is 7.98. The second-order valence-electron chi connectivity index (χ2n) is 6.03. The molecule has 0 spiro atoms. The van der Waals surface area contributed by atoms with Crippen molar-refractivity contribution in [3.8, 4) is 0 Å². The number of nitrogens with one attached hydrogen (secondary N) is 1. The summed E-state index contributed by atoms with van der Waals surface area (Å²) in [5, 5.41) is 79.2. The van der Waals surface area contributed by atoms with E-state index in [9.17, 15) is 40.5 Å². The molecule has 0 aliphatic carbocycles. The molecule has 1 saturated heterocycles. The first-order chi connectivity index (χ1) is 12.2. The predicted molar refractivity (Wildman–Crippen MR) is 82.4 cm³/mol. The molecule has 0 bridgehead atoms. The van der Waals surface area contributed by atoms with Crippen molar-refractivity contribution in [1.82, 2.24) is 5.32 Å². The van der Waals surface area contributed by atoms with Crippen molar-refractivity contribution >= 4 is 5.91 Å². The Hall–Kier alpha value is -0.930. The third-order valence-electron chi connectivity index (χ3n) is 4.04. The Balaban J connectivity index is 3.04. The molecule has 9 N–H and O–H groups in total. The van der Waals surface area contributed by atoms with Gasteiger partial charge in [0.2, 0.25) is 5.91 Å². The first-order valence-electron chi connectivity index (χ1n) is 7.98. The largest absolute Gasteiger partial charge is 0.394 e. The van der Waals surface area contributed by atoms with E-state index in [-0.39, 0.29) is 0 Å². The standard InChI is InChI=1S/C14H27NO11/c1-5(19)15-6(2-16)13(9(21)7(20)3-17)26-14-12(24)11(23)10(22)8(4-18)25-14/h6-14,16-18,20-24H,2-4H2,1H3,(H,15,19). The molecule has 0 aromatic rings. The average molecular weight is 385 g/mol. The van der Waals surface area contributed by atoms with Crippen LogP contribution in [0.3, 0.4) is 0 Å². The van der Waals surface area contributed by atoms with E-state index in [1.54, 1.807) is 0 Å². The molecule has 1 fully saturated rings. The number of amides is 1. The fraction of sp³-hybridized carbons (Fsp3) is 0.929. The third kappa shape index (κ3) is 5.53. The second kappa shape index (κ2) is 10.4. The minimum absolute atomic E-state index is 0.600. The summed E-state index contributed by atoms with van der Waals surface area (Å²) < 4.78 is 10.5. The van der Waals surface area contributed by atoms with E-state index in [2.05, 4.69) is 5.32 Å². The Labute approximate surface area is 149 Å². The Morgan fingerprint density at radius 2 is 1.69 bits per heavy atom. The maximum absolute atomic E-state index is 11.3. The smallest absolute Gasteiger partial charge is 0.217 e. The van der Waals surface area contributed by atoms with Gasteiger partial charge in [-0.15, -0.1) is 0 Å². The molecule has 0 radical (unpaired) electrons. The van der Waals surface area contributed by atoms with Gasteiger partial charge in [-0.3, -0.25) is 4.79 Å². The number of carbonyl (C=O) groups is 1. The summed E-state index contributed by atoms with van der Waals surface area (Å²) in [6.07, 6.45) is -13.3. The monoisotopic (exact) mass is 385 g/mol. The molecule has 1 aliphatic rings. The highest BCUT2D eigenvalue weighted by molar-refractivity contribution is 5.73. The molecular formula is C14H27NO11. The van der Waals surface area contributed by atoms with Gasteiger partial charge in [-0.1, -0.05) is 0 Å². The number of rotatable bonds is 9. The summed E-state index contributed by atoms with van der Waals surface area (Å²) in [5.74, 6) is -0.600. The highest BCUT2D eigenvalue weighted by Crippen LogP contribution is 2.25. The minimum atomic E-state index is -1.82. The molecule has 0 saturated carbocycles. The number of hydrogen-bond acceptors (Lipinski definition) is 11. The van der Waals surface area contributed by atoms with Gasteiger partial charge in [-0.05, 0) is 0 Å². The van der Waals surface area contributed by atoms with E-state index >= 15 is 0 Å². The van der Waals surface area contributed by atoms with Crippen molar-refractivity contribution in [3.05, 3.63) is 0 Å². The molecule has 12 heteroatoms. The molecule has 9 atom stereocenters. The molecular weight excluding hydrogens is 358 g/mol. The van der Waals surface area contributed by atoms with Gasteiger partial charge < -0.3 is 55.6 Å². The van der Waals surface area contributed by atoms with E-state index in [0.717, 1.165) is 6.92 Å². The first kappa shape index (κ1) is 23.1. The van der Waals surface area contributed by atoms with E-state index in [1.165, 1.54) is 0 Å². The molecule has 9 unspecified atom stereocenters. The van der Waals surface area contributed by atoms with Crippen LogP contribution in [0.25, 0.3) is 0 Å². The molecule has 0 aromatic heterocycles. The van der Waals surface area contributed by atoms with Crippen LogP contribution in [0.4, 0.5) is 0 Å². The normalized spacial score (nSPS) is 34.0. The van der Waals surface area contributed by atoms with Gasteiger partial charge in [0.1, 0.15) is 42.7 Å². The Morgan fingerprint density at radius 1 is 1.08 bits per heavy atom. The summed E-state index contributed by atoms with van der Waals surface area (Å²) in [6, 6.07) is -1.27. The van der Waals surface area contributed by atoms with Crippen LogP contribution in [0.2, 0.25) is 0 Å². The second-order valence-corrected chi connectivity index (χ2v) is 6.03. The van der Waals surface area contributed by atoms with Gasteiger partial charge in [0.25, 0.3) is 0 Å². The summed E-state index contributed by atoms with van der Waals surface area (Å²) in [7, 11) is 0. The lowest BCUT2D eigenvalue weighted by atomic mass is 9.98. The fourth-order valence-corrected chi connectivity index (χ4v) is 2.57. The fourth-order valence-electron chi connectivity index (χ4n) is 2.57. The van der Waals surface area contributed by atoms with Crippen LogP contribution in [-0.2, 0) is 14.3 Å². The Morgan fingerprint density at radius 3 is 2.15 bits per heavy atom. The van der Waals surface area contributed by atoms with Crippen molar-refractivity contribution in [3.63, 3.8) is 0 Å². The maximum Gasteiger partial charge on any atom is 0.217 e. The third-order valence-corrected chi connectivity index (χ3v) is 4.04. The lowest BCUT2D eigenvalue weighted by molar-refractivity contribution is -0.322. The van der Waals surface area contributed by atoms with Crippen molar-refractivity contribution in [2.75, 3.05) is 19.8 Å². The SMILES string of the molecule is CC(=O)NC(CO)C(OC1OC(CO)C(O)C(O)C1O)C(O)C(O)CO. The number of ether oxygens (including phenoxy) is 2. The summed E-state index contributed by atoms with van der Waals surface area (Å²) in [6.45, 7) is -1.19. The summed E-state index contributed by atoms with van der Waals surface area (Å²) in [4.78, 5) is 11.3. The van der Waals surface area contributed by atoms with Gasteiger partial charge in [0, 0.05) is 6.92 Å². The zero-order valence-electron chi connectivity index (χ0n) is 14.1. The maximum atomic E-state index is 11.3. The van der Waals surface area contributed by atoms with Gasteiger partial charge in [0.15, 0.2) is 6.29 Å². The predicted octanol–water partition coefficient (Wildman–Crippen LogP) is -5.62. The Kier molecular flexibility index (Phi) is 9.26. The molecule has 1 aliphatic heterocycles. The van der Waals surface area contributed by atoms with Crippen LogP contribution in [0.15, 0.2) is 0 Å². The molecule has 1 rings (SSSR count). The molecule has 1 heterocycles. The van der Waals surface area contributed by atoms with E-state index in [4.69, 9.17) is 14.6 Å². The van der Waals surface area contributed by atoms with Crippen molar-refractivity contribution < 1.29 is 55.1 Å². The van der Waals surface area contributed by atoms with Crippen LogP contribution < -0.4 is 5.32 Å². The molecule has 26 heavy (non-hydrogen) atoms. The van der Waals surface area contributed by atoms with Crippen LogP contribution in [0.1, 0.15) is 6.92 Å². The lowest BCUT2D eigenvalue weighted by Crippen LogP contribution is -2.63. The van der Waals surface area contributed by atoms with Crippen LogP contribution >= 0.6 is 0 Å². The highest BCUT2D eigenvalue weighted by atomic mass is 16.7. The zero-order valence-corrected chi connectivity index (χ0v) is 14.1. The number of aliphatic hydroxyl groups excluding tert-OH is 8. The van der Waals surface area contributed by atoms with Gasteiger partial charge in [0.05, 0.1) is 25.9 Å². The van der Waals surface area contributed by atoms with E-state index < -0.39 is 80.8 Å². The van der Waals surface area contributed by atoms with Crippen LogP contribution in [0, 0.1) is 0 Å². The summed E-state index contributed by atoms with van der Waals surface area (Å²) >= 11 is 0. The van der Waals surface area contributed by atoms with Crippen molar-refractivity contribution in [2.24, 2.45) is 0 Å². The van der Waals surface area contributed by atoms with Crippen LogP contribution in [0.5, 0.6) is 0 Å². The molecule has 12 nitrogen and oxygen atoms in total. The van der Waals surface area contributed by atoms with Crippen LogP contribution in [-0.4, -0.2) is 122 Å². The summed E-state index contributed by atoms with van der Waals surface area (Å²) in [5.41, 5.74) is 0. The number of carbonyl (C=O) groups excluding carboxylic acids is 1.